The van der Waals surface area contributed by atoms with Gasteiger partial charge < -0.3 is 16.4 Å². The summed E-state index contributed by atoms with van der Waals surface area (Å²) in [5.74, 6) is 0. The molecule has 0 saturated heterocycles. The molecule has 0 aromatic heterocycles. The van der Waals surface area contributed by atoms with Gasteiger partial charge in [-0.05, 0) is 0 Å². The van der Waals surface area contributed by atoms with Gasteiger partial charge >= 0.3 is 65.2 Å². The summed E-state index contributed by atoms with van der Waals surface area (Å²) in [6.45, 7) is 0. The van der Waals surface area contributed by atoms with Crippen LogP contribution in [0.5, 0.6) is 0 Å². The first-order valence-corrected chi connectivity index (χ1v) is 11.9. The summed E-state index contributed by atoms with van der Waals surface area (Å²) in [6.07, 6.45) is 0. The Balaban J connectivity index is -0.0000000150. The molecule has 3 nitrogen and oxygen atoms in total. The third-order valence-electron chi connectivity index (χ3n) is 0. The molecule has 0 spiro atoms. The van der Waals surface area contributed by atoms with Crippen molar-refractivity contribution in [2.45, 2.75) is 0 Å². The van der Waals surface area contributed by atoms with Gasteiger partial charge in [0.25, 0.3) is 0 Å². The van der Waals surface area contributed by atoms with Crippen LogP contribution in [0.4, 0.5) is 0 Å². The first-order valence-electron chi connectivity index (χ1n) is 0.429. The number of hydrogen-bond donors (Lipinski definition) is 0. The van der Waals surface area contributed by atoms with Crippen molar-refractivity contribution in [3.05, 3.63) is 0 Å². The van der Waals surface area contributed by atoms with Crippen LogP contribution in [0.2, 0.25) is 0 Å². The van der Waals surface area contributed by atoms with E-state index in [0.29, 0.717) is 0 Å². The van der Waals surface area contributed by atoms with E-state index >= 15 is 0 Å². The van der Waals surface area contributed by atoms with Gasteiger partial charge in [0.15, 0.2) is 0 Å². The van der Waals surface area contributed by atoms with E-state index in [2.05, 4.69) is 61.0 Å². The van der Waals surface area contributed by atoms with E-state index in [1.165, 1.54) is 0 Å². The molecule has 0 aliphatic heterocycles. The molecule has 7 heavy (non-hydrogen) atoms. The van der Waals surface area contributed by atoms with Gasteiger partial charge in [-0.15, -0.1) is 0 Å². The van der Waals surface area contributed by atoms with Gasteiger partial charge in [-0.25, -0.2) is 0 Å². The molecule has 0 atom stereocenters. The van der Waals surface area contributed by atoms with Gasteiger partial charge in [-0.1, -0.05) is 0 Å². The second-order valence-corrected chi connectivity index (χ2v) is 30.1. The van der Waals surface area contributed by atoms with Gasteiger partial charge in [0.05, 0.1) is 0 Å². The molecule has 0 rings (SSSR count). The molecule has 0 aliphatic rings. The van der Waals surface area contributed by atoms with Gasteiger partial charge in [0.2, 0.25) is 0 Å². The maximum atomic E-state index is 2.42. The molecule has 0 aromatic carbocycles. The van der Waals surface area contributed by atoms with E-state index in [4.69, 9.17) is 0 Å². The van der Waals surface area contributed by atoms with Crippen molar-refractivity contribution in [2.75, 3.05) is 0 Å². The molecule has 6 N–H and O–H groups in total. The normalized spacial score (nSPS) is 6.43. The zero-order chi connectivity index (χ0) is 3.58. The molecule has 0 aromatic rings. The summed E-state index contributed by atoms with van der Waals surface area (Å²) >= 11 is 7.26. The Kier molecular flexibility index (Phi) is 51.2. The second-order valence-electron chi connectivity index (χ2n) is 0.162. The average Bonchev–Trinajstić information content (AvgIpc) is 0.811. The molecule has 0 amide bonds. The number of hydrogen-bond acceptors (Lipinski definition) is 0. The van der Waals surface area contributed by atoms with Crippen LogP contribution in [-0.2, 0) is 4.15 Å². The molecular weight excluding hydrogens is 484 g/mol. The monoisotopic (exact) mass is 490 g/mol. The van der Waals surface area contributed by atoms with Gasteiger partial charge in [0.1, 0.15) is 0 Å². The van der Waals surface area contributed by atoms with Gasteiger partial charge in [-0.3, -0.25) is 0 Å². The fourth-order valence-corrected chi connectivity index (χ4v) is 0. The first kappa shape index (κ1) is 22.6. The number of halogens is 3. The standard InChI is InChI=1S/3HI.Mn.3H2O/h3*1H;;3*1H2/q;;;+3;;;/p-3. The van der Waals surface area contributed by atoms with Crippen molar-refractivity contribution in [2.24, 2.45) is 0 Å². The topological polar surface area (TPSA) is 94.5 Å². The van der Waals surface area contributed by atoms with Crippen LogP contribution in [0.15, 0.2) is 0 Å². The van der Waals surface area contributed by atoms with Crippen molar-refractivity contribution in [3.63, 3.8) is 0 Å². The number of rotatable bonds is 0. The van der Waals surface area contributed by atoms with E-state index in [9.17, 15) is 0 Å². The van der Waals surface area contributed by atoms with E-state index in [0.717, 1.165) is 0 Å². The molecule has 0 unspecified atom stereocenters. The van der Waals surface area contributed by atoms with Crippen LogP contribution in [0.3, 0.4) is 0 Å². The van der Waals surface area contributed by atoms with E-state index in [1.54, 1.807) is 0 Å². The summed E-state index contributed by atoms with van der Waals surface area (Å²) < 4.78 is 0.0142. The Morgan fingerprint density at radius 1 is 0.714 bits per heavy atom. The predicted molar refractivity (Wildman–Crippen MR) is 52.9 cm³/mol. The van der Waals surface area contributed by atoms with E-state index in [-0.39, 0.29) is 20.6 Å². The van der Waals surface area contributed by atoms with Crippen molar-refractivity contribution in [1.29, 1.82) is 0 Å². The zero-order valence-electron chi connectivity index (χ0n) is 3.01. The third kappa shape index (κ3) is 55.6. The van der Waals surface area contributed by atoms with Crippen molar-refractivity contribution in [1.82, 2.24) is 0 Å². The Hall–Kier alpha value is 2.59. The first-order chi connectivity index (χ1) is 1.73. The Labute approximate surface area is 80.0 Å². The van der Waals surface area contributed by atoms with E-state index < -0.39 is 0 Å². The van der Waals surface area contributed by atoms with Crippen LogP contribution >= 0.6 is 61.0 Å². The minimum absolute atomic E-state index is 0. The Bertz CT molecular complexity index is 14.9. The van der Waals surface area contributed by atoms with Crippen LogP contribution in [0, 0.1) is 0 Å². The molecule has 0 heterocycles. The summed E-state index contributed by atoms with van der Waals surface area (Å²) in [6, 6.07) is 0. The Morgan fingerprint density at radius 3 is 0.714 bits per heavy atom. The third-order valence-corrected chi connectivity index (χ3v) is 0. The minimum atomic E-state index is 0. The molecule has 0 saturated carbocycles. The van der Waals surface area contributed by atoms with Gasteiger partial charge in [0, 0.05) is 0 Å². The zero-order valence-corrected chi connectivity index (χ0v) is 10.7. The van der Waals surface area contributed by atoms with E-state index in [1.807, 2.05) is 0 Å². The molecule has 52 valence electrons. The maximum absolute atomic E-state index is 2.42. The summed E-state index contributed by atoms with van der Waals surface area (Å²) in [4.78, 5) is 0. The summed E-state index contributed by atoms with van der Waals surface area (Å²) in [7, 11) is 0. The quantitative estimate of drug-likeness (QED) is 0.343. The molecular formula is H6I3MnO3. The van der Waals surface area contributed by atoms with Crippen molar-refractivity contribution in [3.8, 4) is 0 Å². The fraction of sp³-hybridized carbons (Fsp3) is 0. The summed E-state index contributed by atoms with van der Waals surface area (Å²) in [5, 5.41) is 0. The van der Waals surface area contributed by atoms with Crippen LogP contribution < -0.4 is 0 Å². The van der Waals surface area contributed by atoms with Crippen LogP contribution in [0.1, 0.15) is 0 Å². The molecule has 7 heteroatoms. The molecule has 0 radical (unpaired) electrons. The SMILES string of the molecule is O.O.O.[I][Mn]([I])[I]. The average molecular weight is 490 g/mol. The van der Waals surface area contributed by atoms with Crippen molar-refractivity contribution >= 4 is 61.0 Å². The summed E-state index contributed by atoms with van der Waals surface area (Å²) in [5.41, 5.74) is 0. The van der Waals surface area contributed by atoms with Crippen molar-refractivity contribution < 1.29 is 20.6 Å². The van der Waals surface area contributed by atoms with Crippen LogP contribution in [0.25, 0.3) is 0 Å². The molecule has 0 aliphatic carbocycles. The molecule has 0 fully saturated rings. The molecule has 0 bridgehead atoms. The predicted octanol–water partition coefficient (Wildman–Crippen LogP) is 0.180. The second kappa shape index (κ2) is 15.8. The fourth-order valence-electron chi connectivity index (χ4n) is 0. The Morgan fingerprint density at radius 2 is 0.714 bits per heavy atom. The van der Waals surface area contributed by atoms with Gasteiger partial charge in [-0.2, -0.15) is 0 Å². The van der Waals surface area contributed by atoms with Crippen LogP contribution in [-0.4, -0.2) is 16.4 Å².